The largest absolute Gasteiger partial charge is 0.296 e. The molecule has 1 aromatic rings. The summed E-state index contributed by atoms with van der Waals surface area (Å²) in [7, 11) is -3.75. The van der Waals surface area contributed by atoms with Gasteiger partial charge in [-0.3, -0.25) is 8.98 Å². The molecule has 0 saturated carbocycles. The molecule has 0 fully saturated rings. The third kappa shape index (κ3) is 4.11. The molecule has 17 heavy (non-hydrogen) atoms. The van der Waals surface area contributed by atoms with Crippen LogP contribution in [0.5, 0.6) is 0 Å². The fraction of sp³-hybridized carbons (Fsp3) is 0.364. The van der Waals surface area contributed by atoms with E-state index in [1.54, 1.807) is 0 Å². The Morgan fingerprint density at radius 2 is 1.82 bits per heavy atom. The first-order valence-electron chi connectivity index (χ1n) is 5.02. The van der Waals surface area contributed by atoms with E-state index >= 15 is 0 Å². The van der Waals surface area contributed by atoms with Crippen LogP contribution in [0.1, 0.15) is 24.2 Å². The van der Waals surface area contributed by atoms with Gasteiger partial charge in [-0.25, -0.2) is 0 Å². The van der Waals surface area contributed by atoms with Crippen molar-refractivity contribution < 1.29 is 17.4 Å². The first-order chi connectivity index (χ1) is 7.83. The third-order valence-corrected chi connectivity index (χ3v) is 3.44. The molecule has 94 valence electrons. The molecular weight excluding hydrogens is 264 g/mol. The fourth-order valence-electron chi connectivity index (χ4n) is 1.05. The lowest BCUT2D eigenvalue weighted by Gasteiger charge is -2.07. The van der Waals surface area contributed by atoms with Crippen LogP contribution in [-0.4, -0.2) is 20.3 Å². The van der Waals surface area contributed by atoms with Crippen LogP contribution in [0, 0.1) is 5.92 Å². The maximum atomic E-state index is 11.7. The molecule has 0 aliphatic carbocycles. The molecule has 1 rings (SSSR count). The van der Waals surface area contributed by atoms with Crippen molar-refractivity contribution in [3.05, 3.63) is 29.8 Å². The molecule has 0 aliphatic rings. The van der Waals surface area contributed by atoms with Crippen molar-refractivity contribution in [1.82, 2.24) is 0 Å². The second kappa shape index (κ2) is 5.62. The van der Waals surface area contributed by atoms with Gasteiger partial charge in [0.2, 0.25) is 0 Å². The van der Waals surface area contributed by atoms with Crippen LogP contribution in [0.2, 0.25) is 0 Å². The highest BCUT2D eigenvalue weighted by molar-refractivity contribution is 7.86. The predicted molar refractivity (Wildman–Crippen MR) is 64.6 cm³/mol. The summed E-state index contributed by atoms with van der Waals surface area (Å²) in [6, 6.07) is 5.29. The Balaban J connectivity index is 2.89. The summed E-state index contributed by atoms with van der Waals surface area (Å²) >= 11 is 5.25. The summed E-state index contributed by atoms with van der Waals surface area (Å²) in [6.45, 7) is 3.83. The van der Waals surface area contributed by atoms with Crippen molar-refractivity contribution in [2.24, 2.45) is 5.92 Å². The molecule has 0 amide bonds. The smallest absolute Gasteiger partial charge is 0.276 e. The predicted octanol–water partition coefficient (Wildman–Crippen LogP) is 2.43. The summed E-state index contributed by atoms with van der Waals surface area (Å²) in [5.74, 6) is 0.119. The van der Waals surface area contributed by atoms with Crippen molar-refractivity contribution >= 4 is 27.0 Å². The van der Waals surface area contributed by atoms with Crippen molar-refractivity contribution in [3.63, 3.8) is 0 Å². The molecular formula is C11H13ClO4S. The highest BCUT2D eigenvalue weighted by Gasteiger charge is 2.16. The second-order valence-corrected chi connectivity index (χ2v) is 5.89. The van der Waals surface area contributed by atoms with Gasteiger partial charge in [0.1, 0.15) is 0 Å². The molecule has 4 nitrogen and oxygen atoms in total. The molecule has 0 radical (unpaired) electrons. The van der Waals surface area contributed by atoms with Crippen LogP contribution < -0.4 is 0 Å². The van der Waals surface area contributed by atoms with Crippen LogP contribution in [0.4, 0.5) is 0 Å². The Bertz CT molecular complexity index is 491. The summed E-state index contributed by atoms with van der Waals surface area (Å²) in [5, 5.41) is -0.628. The Morgan fingerprint density at radius 3 is 2.24 bits per heavy atom. The number of carbonyl (C=O) groups excluding carboxylic acids is 1. The van der Waals surface area contributed by atoms with E-state index < -0.39 is 15.4 Å². The highest BCUT2D eigenvalue weighted by atomic mass is 35.5. The molecule has 0 N–H and O–H groups in total. The maximum Gasteiger partial charge on any atom is 0.296 e. The molecule has 0 aliphatic heterocycles. The van der Waals surface area contributed by atoms with Crippen LogP contribution >= 0.6 is 11.6 Å². The van der Waals surface area contributed by atoms with Crippen LogP contribution in [0.15, 0.2) is 29.2 Å². The summed E-state index contributed by atoms with van der Waals surface area (Å²) in [6.07, 6.45) is 0. The van der Waals surface area contributed by atoms with Gasteiger partial charge in [-0.1, -0.05) is 13.8 Å². The lowest BCUT2D eigenvalue weighted by molar-refractivity contribution is 0.108. The number of rotatable bonds is 5. The van der Waals surface area contributed by atoms with Crippen molar-refractivity contribution in [3.8, 4) is 0 Å². The first-order valence-corrected chi connectivity index (χ1v) is 6.81. The summed E-state index contributed by atoms with van der Waals surface area (Å²) in [5.41, 5.74) is 0.245. The number of hydrogen-bond donors (Lipinski definition) is 0. The molecule has 0 spiro atoms. The Hall–Kier alpha value is -0.910. The molecule has 0 aromatic heterocycles. The average molecular weight is 277 g/mol. The van der Waals surface area contributed by atoms with Gasteiger partial charge in [0, 0.05) is 5.56 Å². The third-order valence-electron chi connectivity index (χ3n) is 1.93. The SMILES string of the molecule is CC(C)COS(=O)(=O)c1ccc(C(=O)Cl)cc1. The first kappa shape index (κ1) is 14.2. The van der Waals surface area contributed by atoms with Gasteiger partial charge in [-0.2, -0.15) is 8.42 Å². The normalized spacial score (nSPS) is 11.8. The van der Waals surface area contributed by atoms with Gasteiger partial charge < -0.3 is 0 Å². The quantitative estimate of drug-likeness (QED) is 0.612. The Labute approximate surface area is 106 Å². The number of halogens is 1. The minimum Gasteiger partial charge on any atom is -0.276 e. The Morgan fingerprint density at radius 1 is 1.29 bits per heavy atom. The van der Waals surface area contributed by atoms with E-state index in [4.69, 9.17) is 15.8 Å². The van der Waals surface area contributed by atoms with E-state index in [1.165, 1.54) is 24.3 Å². The Kier molecular flexibility index (Phi) is 4.68. The van der Waals surface area contributed by atoms with Crippen LogP contribution in [0.25, 0.3) is 0 Å². The van der Waals surface area contributed by atoms with Crippen molar-refractivity contribution in [1.29, 1.82) is 0 Å². The molecule has 0 bridgehead atoms. The minimum atomic E-state index is -3.75. The number of hydrogen-bond acceptors (Lipinski definition) is 4. The van der Waals surface area contributed by atoms with Gasteiger partial charge >= 0.3 is 0 Å². The van der Waals surface area contributed by atoms with E-state index in [2.05, 4.69) is 0 Å². The molecule has 1 aromatic carbocycles. The minimum absolute atomic E-state index is 0.0137. The second-order valence-electron chi connectivity index (χ2n) is 3.93. The maximum absolute atomic E-state index is 11.7. The van der Waals surface area contributed by atoms with E-state index in [1.807, 2.05) is 13.8 Å². The molecule has 0 heterocycles. The van der Waals surface area contributed by atoms with E-state index in [-0.39, 0.29) is 23.0 Å². The molecule has 0 atom stereocenters. The number of carbonyl (C=O) groups is 1. The van der Waals surface area contributed by atoms with E-state index in [0.29, 0.717) is 0 Å². The fourth-order valence-corrected chi connectivity index (χ4v) is 2.23. The monoisotopic (exact) mass is 276 g/mol. The average Bonchev–Trinajstić information content (AvgIpc) is 2.27. The summed E-state index contributed by atoms with van der Waals surface area (Å²) in [4.78, 5) is 10.8. The van der Waals surface area contributed by atoms with E-state index in [0.717, 1.165) is 0 Å². The van der Waals surface area contributed by atoms with Crippen LogP contribution in [-0.2, 0) is 14.3 Å². The number of benzene rings is 1. The topological polar surface area (TPSA) is 60.4 Å². The standard InChI is InChI=1S/C11H13ClO4S/c1-8(2)7-16-17(14,15)10-5-3-9(4-6-10)11(12)13/h3-6,8H,7H2,1-2H3. The van der Waals surface area contributed by atoms with Crippen molar-refractivity contribution in [2.75, 3.05) is 6.61 Å². The van der Waals surface area contributed by atoms with Gasteiger partial charge in [0.15, 0.2) is 0 Å². The molecule has 6 heteroatoms. The molecule has 0 saturated heterocycles. The van der Waals surface area contributed by atoms with Gasteiger partial charge in [0.25, 0.3) is 15.4 Å². The zero-order valence-corrected chi connectivity index (χ0v) is 11.1. The van der Waals surface area contributed by atoms with E-state index in [9.17, 15) is 13.2 Å². The highest BCUT2D eigenvalue weighted by Crippen LogP contribution is 2.15. The van der Waals surface area contributed by atoms with Crippen LogP contribution in [0.3, 0.4) is 0 Å². The zero-order chi connectivity index (χ0) is 13.1. The molecule has 0 unspecified atom stereocenters. The zero-order valence-electron chi connectivity index (χ0n) is 9.51. The van der Waals surface area contributed by atoms with Gasteiger partial charge in [-0.05, 0) is 41.8 Å². The van der Waals surface area contributed by atoms with Gasteiger partial charge in [0.05, 0.1) is 11.5 Å². The lowest BCUT2D eigenvalue weighted by atomic mass is 10.2. The lowest BCUT2D eigenvalue weighted by Crippen LogP contribution is -2.11. The van der Waals surface area contributed by atoms with Crippen molar-refractivity contribution in [2.45, 2.75) is 18.7 Å². The van der Waals surface area contributed by atoms with Gasteiger partial charge in [-0.15, -0.1) is 0 Å². The summed E-state index contributed by atoms with van der Waals surface area (Å²) < 4.78 is 28.2.